The van der Waals surface area contributed by atoms with Crippen LogP contribution in [0.4, 0.5) is 0 Å². The summed E-state index contributed by atoms with van der Waals surface area (Å²) in [5, 5.41) is 14.3. The summed E-state index contributed by atoms with van der Waals surface area (Å²) < 4.78 is 47.0. The van der Waals surface area contributed by atoms with Gasteiger partial charge in [0.1, 0.15) is 13.2 Å². The number of hydrogen-bond donors (Lipinski definition) is 1. The molecular weight excluding hydrogens is 568 g/mol. The maximum absolute atomic E-state index is 8.03. The predicted octanol–water partition coefficient (Wildman–Crippen LogP) is 2.40. The van der Waals surface area contributed by atoms with Gasteiger partial charge in [0.2, 0.25) is 0 Å². The summed E-state index contributed by atoms with van der Waals surface area (Å²) in [6.07, 6.45) is 10.6. The molecule has 0 heterocycles. The molecule has 0 saturated carbocycles. The first-order chi connectivity index (χ1) is 21.2. The van der Waals surface area contributed by atoms with Crippen molar-refractivity contribution in [2.24, 2.45) is 10.2 Å². The van der Waals surface area contributed by atoms with Gasteiger partial charge in [0, 0.05) is 29.5 Å². The fourth-order valence-electron chi connectivity index (χ4n) is 2.22. The lowest BCUT2D eigenvalue weighted by molar-refractivity contribution is -0.00857. The SMILES string of the molecule is C#CCO.C#CCOCCOCCOCCOCCOCCN=[N+]=[N-].CCCOCCOCCOCCOCCN=[N+]=[N-]. The van der Waals surface area contributed by atoms with Crippen molar-refractivity contribution in [2.45, 2.75) is 13.3 Å². The lowest BCUT2D eigenvalue weighted by Crippen LogP contribution is -2.13. The summed E-state index contributed by atoms with van der Waals surface area (Å²) in [4.78, 5) is 5.23. The number of azide groups is 2. The maximum atomic E-state index is 8.03. The van der Waals surface area contributed by atoms with Crippen LogP contribution in [0.25, 0.3) is 20.9 Å². The van der Waals surface area contributed by atoms with E-state index in [2.05, 4.69) is 39.3 Å². The van der Waals surface area contributed by atoms with E-state index in [-0.39, 0.29) is 6.61 Å². The molecule has 0 spiro atoms. The topological polar surface area (TPSA) is 201 Å². The largest absolute Gasteiger partial charge is 0.384 e. The minimum Gasteiger partial charge on any atom is -0.384 e. The maximum Gasteiger partial charge on any atom is 0.107 e. The summed E-state index contributed by atoms with van der Waals surface area (Å²) in [5.41, 5.74) is 16.0. The highest BCUT2D eigenvalue weighted by Gasteiger charge is 1.94. The Balaban J connectivity index is -0.000000666. The molecule has 0 rings (SSSR count). The van der Waals surface area contributed by atoms with E-state index in [1.54, 1.807) is 0 Å². The summed E-state index contributed by atoms with van der Waals surface area (Å²) in [6.45, 7) is 11.9. The van der Waals surface area contributed by atoms with Crippen molar-refractivity contribution in [1.29, 1.82) is 0 Å². The first-order valence-corrected chi connectivity index (χ1v) is 13.9. The van der Waals surface area contributed by atoms with Gasteiger partial charge in [-0.2, -0.15) is 0 Å². The molecule has 0 aliphatic carbocycles. The van der Waals surface area contributed by atoms with Gasteiger partial charge < -0.3 is 47.7 Å². The minimum atomic E-state index is -0.153. The molecule has 0 saturated heterocycles. The van der Waals surface area contributed by atoms with Crippen molar-refractivity contribution in [2.75, 3.05) is 139 Å². The molecule has 16 heteroatoms. The molecule has 0 unspecified atom stereocenters. The Morgan fingerprint density at radius 1 is 0.512 bits per heavy atom. The molecule has 43 heavy (non-hydrogen) atoms. The second-order valence-electron chi connectivity index (χ2n) is 7.43. The van der Waals surface area contributed by atoms with E-state index >= 15 is 0 Å². The van der Waals surface area contributed by atoms with Crippen molar-refractivity contribution in [3.63, 3.8) is 0 Å². The van der Waals surface area contributed by atoms with Gasteiger partial charge in [-0.05, 0) is 17.5 Å². The average Bonchev–Trinajstić information content (AvgIpc) is 3.03. The van der Waals surface area contributed by atoms with Gasteiger partial charge in [-0.3, -0.25) is 0 Å². The lowest BCUT2D eigenvalue weighted by Gasteiger charge is -2.07. The van der Waals surface area contributed by atoms with Crippen molar-refractivity contribution in [3.05, 3.63) is 20.9 Å². The van der Waals surface area contributed by atoms with Crippen LogP contribution < -0.4 is 0 Å². The highest BCUT2D eigenvalue weighted by Crippen LogP contribution is 1.86. The van der Waals surface area contributed by atoms with E-state index in [9.17, 15) is 0 Å². The molecule has 16 nitrogen and oxygen atoms in total. The summed E-state index contributed by atoms with van der Waals surface area (Å²) in [6, 6.07) is 0. The Kier molecular flexibility index (Phi) is 51.1. The molecule has 0 aromatic heterocycles. The number of aliphatic hydroxyl groups excluding tert-OH is 1. The van der Waals surface area contributed by atoms with Crippen molar-refractivity contribution in [1.82, 2.24) is 0 Å². The third kappa shape index (κ3) is 55.8. The molecule has 0 amide bonds. The number of ether oxygens (including phenoxy) is 9. The van der Waals surface area contributed by atoms with Crippen molar-refractivity contribution in [3.8, 4) is 24.7 Å². The highest BCUT2D eigenvalue weighted by atomic mass is 16.6. The van der Waals surface area contributed by atoms with Gasteiger partial charge in [0.25, 0.3) is 0 Å². The number of nitrogens with zero attached hydrogens (tertiary/aromatic N) is 6. The van der Waals surface area contributed by atoms with Gasteiger partial charge in [0.15, 0.2) is 0 Å². The van der Waals surface area contributed by atoms with Crippen molar-refractivity contribution < 1.29 is 47.7 Å². The molecule has 1 N–H and O–H groups in total. The number of terminal acetylenes is 2. The third-order valence-electron chi connectivity index (χ3n) is 4.03. The van der Waals surface area contributed by atoms with Crippen LogP contribution in [0.2, 0.25) is 0 Å². The molecule has 0 bridgehead atoms. The molecule has 0 aliphatic rings. The first-order valence-electron chi connectivity index (χ1n) is 13.9. The molecular formula is C27H50N6O10. The zero-order valence-corrected chi connectivity index (χ0v) is 25.5. The highest BCUT2D eigenvalue weighted by molar-refractivity contribution is 4.82. The van der Waals surface area contributed by atoms with Gasteiger partial charge in [-0.1, -0.05) is 29.0 Å². The second kappa shape index (κ2) is 49.0. The van der Waals surface area contributed by atoms with Crippen LogP contribution >= 0.6 is 0 Å². The molecule has 0 fully saturated rings. The summed E-state index contributed by atoms with van der Waals surface area (Å²) in [7, 11) is 0. The smallest absolute Gasteiger partial charge is 0.107 e. The quantitative estimate of drug-likeness (QED) is 0.0409. The van der Waals surface area contributed by atoms with E-state index in [0.29, 0.717) is 125 Å². The van der Waals surface area contributed by atoms with Gasteiger partial charge >= 0.3 is 0 Å². The zero-order valence-electron chi connectivity index (χ0n) is 25.5. The van der Waals surface area contributed by atoms with E-state index < -0.39 is 0 Å². The molecule has 248 valence electrons. The van der Waals surface area contributed by atoms with E-state index in [4.69, 9.17) is 65.2 Å². The van der Waals surface area contributed by atoms with Crippen LogP contribution in [0.5, 0.6) is 0 Å². The molecule has 0 aromatic carbocycles. The minimum absolute atomic E-state index is 0.153. The summed E-state index contributed by atoms with van der Waals surface area (Å²) >= 11 is 0. The van der Waals surface area contributed by atoms with Crippen LogP contribution in [0, 0.1) is 24.7 Å². The molecule has 0 aliphatic heterocycles. The Morgan fingerprint density at radius 3 is 1.05 bits per heavy atom. The molecule has 0 atom stereocenters. The summed E-state index contributed by atoms with van der Waals surface area (Å²) in [5.74, 6) is 4.36. The van der Waals surface area contributed by atoms with E-state index in [1.165, 1.54) is 0 Å². The normalized spacial score (nSPS) is 9.67. The predicted molar refractivity (Wildman–Crippen MR) is 160 cm³/mol. The van der Waals surface area contributed by atoms with E-state index in [1.807, 2.05) is 5.92 Å². The van der Waals surface area contributed by atoms with Crippen LogP contribution in [0.15, 0.2) is 10.2 Å². The Hall–Kier alpha value is -2.66. The van der Waals surface area contributed by atoms with Gasteiger partial charge in [0.05, 0.1) is 106 Å². The zero-order chi connectivity index (χ0) is 32.2. The number of hydrogen-bond acceptors (Lipinski definition) is 12. The van der Waals surface area contributed by atoms with Crippen LogP contribution in [-0.4, -0.2) is 144 Å². The second-order valence-corrected chi connectivity index (χ2v) is 7.43. The van der Waals surface area contributed by atoms with Crippen molar-refractivity contribution >= 4 is 0 Å². The monoisotopic (exact) mass is 618 g/mol. The fraction of sp³-hybridized carbons (Fsp3) is 0.852. The van der Waals surface area contributed by atoms with Gasteiger partial charge in [-0.25, -0.2) is 0 Å². The molecule has 0 radical (unpaired) electrons. The Labute approximate surface area is 255 Å². The standard InChI is InChI=1S/C13H23N3O5.C11H23N3O4.C3H4O/c1-2-4-17-6-8-19-10-12-21-13-11-20-9-7-18-5-3-15-16-14;1-2-4-15-6-8-17-10-11-18-9-7-16-5-3-13-14-12;1-2-3-4/h1H,3-13H2;2-11H2,1H3;1,4H,3H2. The molecule has 0 aromatic rings. The fourth-order valence-corrected chi connectivity index (χ4v) is 2.22. The van der Waals surface area contributed by atoms with Crippen LogP contribution in [-0.2, 0) is 42.6 Å². The number of aliphatic hydroxyl groups is 1. The Morgan fingerprint density at radius 2 is 0.791 bits per heavy atom. The number of rotatable bonds is 30. The van der Waals surface area contributed by atoms with Crippen LogP contribution in [0.3, 0.4) is 0 Å². The lowest BCUT2D eigenvalue weighted by atomic mass is 10.5. The van der Waals surface area contributed by atoms with Crippen LogP contribution in [0.1, 0.15) is 13.3 Å². The first kappa shape index (κ1) is 44.8. The Bertz CT molecular complexity index is 711. The average molecular weight is 619 g/mol. The third-order valence-corrected chi connectivity index (χ3v) is 4.03. The van der Waals surface area contributed by atoms with Gasteiger partial charge in [-0.15, -0.1) is 12.8 Å². The van der Waals surface area contributed by atoms with E-state index in [0.717, 1.165) is 13.0 Å².